The zero-order chi connectivity index (χ0) is 23.9. The molecule has 0 fully saturated rings. The zero-order valence-corrected chi connectivity index (χ0v) is 20.7. The number of benzene rings is 7. The summed E-state index contributed by atoms with van der Waals surface area (Å²) in [5, 5.41) is 10.8. The number of nitrogens with zero attached hydrogens (tertiary/aromatic N) is 1. The minimum absolute atomic E-state index is 0.599. The first kappa shape index (κ1) is 20.9. The molecule has 36 heavy (non-hydrogen) atoms. The lowest BCUT2D eigenvalue weighted by Crippen LogP contribution is -2.27. The number of para-hydroxylation sites is 2. The van der Waals surface area contributed by atoms with Crippen LogP contribution in [0.15, 0.2) is 140 Å². The van der Waals surface area contributed by atoms with Crippen LogP contribution in [0.2, 0.25) is 0 Å². The van der Waals surface area contributed by atoms with Gasteiger partial charge in [-0.1, -0.05) is 114 Å². The van der Waals surface area contributed by atoms with Crippen molar-refractivity contribution in [3.8, 4) is 0 Å². The molecule has 0 saturated heterocycles. The second-order valence-corrected chi connectivity index (χ2v) is 10.5. The Bertz CT molecular complexity index is 1740. The van der Waals surface area contributed by atoms with Crippen molar-refractivity contribution in [1.29, 1.82) is 0 Å². The minimum atomic E-state index is 0.599. The lowest BCUT2D eigenvalue weighted by atomic mass is 9.94. The number of anilines is 3. The summed E-state index contributed by atoms with van der Waals surface area (Å²) in [6.07, 6.45) is 0. The van der Waals surface area contributed by atoms with E-state index in [4.69, 9.17) is 0 Å². The predicted molar refractivity (Wildman–Crippen MR) is 156 cm³/mol. The Morgan fingerprint density at radius 3 is 1.56 bits per heavy atom. The van der Waals surface area contributed by atoms with Crippen LogP contribution in [0, 0.1) is 0 Å². The summed E-state index contributed by atoms with van der Waals surface area (Å²) in [5.41, 5.74) is 3.48. The van der Waals surface area contributed by atoms with E-state index in [1.54, 1.807) is 0 Å². The molecule has 0 aliphatic heterocycles. The summed E-state index contributed by atoms with van der Waals surface area (Å²) in [6.45, 7) is 0. The summed E-state index contributed by atoms with van der Waals surface area (Å²) in [7, 11) is 0.599. The van der Waals surface area contributed by atoms with Crippen LogP contribution in [-0.4, -0.2) is 9.52 Å². The molecule has 0 spiro atoms. The molecule has 0 unspecified atom stereocenters. The molecule has 7 aromatic carbocycles. The highest BCUT2D eigenvalue weighted by atomic mass is 28.2. The smallest absolute Gasteiger partial charge is 0.122 e. The van der Waals surface area contributed by atoms with E-state index in [9.17, 15) is 0 Å². The van der Waals surface area contributed by atoms with Gasteiger partial charge in [0.1, 0.15) is 9.52 Å². The third-order valence-electron chi connectivity index (χ3n) is 6.96. The van der Waals surface area contributed by atoms with E-state index in [1.807, 2.05) is 0 Å². The van der Waals surface area contributed by atoms with Crippen LogP contribution in [0.5, 0.6) is 0 Å². The quantitative estimate of drug-likeness (QED) is 0.183. The molecule has 0 bridgehead atoms. The molecule has 2 heteroatoms. The predicted octanol–water partition coefficient (Wildman–Crippen LogP) is 7.71. The molecule has 0 N–H and O–H groups in total. The Kier molecular flexibility index (Phi) is 5.04. The second-order valence-electron chi connectivity index (χ2n) is 9.15. The summed E-state index contributed by atoms with van der Waals surface area (Å²) in [5.74, 6) is 0. The molecular formula is C34H23NSi. The van der Waals surface area contributed by atoms with Crippen molar-refractivity contribution < 1.29 is 0 Å². The van der Waals surface area contributed by atoms with E-state index in [0.717, 1.165) is 17.1 Å². The Labute approximate surface area is 213 Å². The molecule has 0 heterocycles. The maximum absolute atomic E-state index is 2.31. The van der Waals surface area contributed by atoms with Crippen molar-refractivity contribution in [1.82, 2.24) is 0 Å². The van der Waals surface area contributed by atoms with Crippen molar-refractivity contribution in [2.75, 3.05) is 4.90 Å². The van der Waals surface area contributed by atoms with Gasteiger partial charge in [0.15, 0.2) is 0 Å². The monoisotopic (exact) mass is 473 g/mol. The topological polar surface area (TPSA) is 3.24 Å². The molecule has 0 aliphatic carbocycles. The third kappa shape index (κ3) is 3.55. The van der Waals surface area contributed by atoms with Gasteiger partial charge in [-0.25, -0.2) is 0 Å². The first-order chi connectivity index (χ1) is 17.8. The van der Waals surface area contributed by atoms with Crippen LogP contribution in [0.4, 0.5) is 17.1 Å². The van der Waals surface area contributed by atoms with Crippen LogP contribution in [0.3, 0.4) is 0 Å². The van der Waals surface area contributed by atoms with Gasteiger partial charge >= 0.3 is 0 Å². The van der Waals surface area contributed by atoms with Gasteiger partial charge in [0.2, 0.25) is 0 Å². The average molecular weight is 474 g/mol. The molecule has 168 valence electrons. The van der Waals surface area contributed by atoms with Gasteiger partial charge < -0.3 is 4.90 Å². The average Bonchev–Trinajstić information content (AvgIpc) is 2.95. The fourth-order valence-corrected chi connectivity index (χ4v) is 6.45. The highest BCUT2D eigenvalue weighted by Crippen LogP contribution is 2.34. The summed E-state index contributed by atoms with van der Waals surface area (Å²) < 4.78 is 0. The van der Waals surface area contributed by atoms with Gasteiger partial charge in [-0.15, -0.1) is 0 Å². The molecule has 0 saturated carbocycles. The maximum atomic E-state index is 2.31. The Balaban J connectivity index is 1.27. The SMILES string of the molecule is c1ccc(N(c2ccccc2)c2ccc([Si]c3ccc4ccc5cccc6ccc3c4c56)cc2)cc1. The molecule has 1 nitrogen and oxygen atoms in total. The Hall–Kier alpha value is -4.40. The minimum Gasteiger partial charge on any atom is -0.311 e. The van der Waals surface area contributed by atoms with Gasteiger partial charge in [0, 0.05) is 17.1 Å². The van der Waals surface area contributed by atoms with Gasteiger partial charge in [-0.3, -0.25) is 0 Å². The lowest BCUT2D eigenvalue weighted by Gasteiger charge is -2.25. The highest BCUT2D eigenvalue weighted by Gasteiger charge is 2.14. The summed E-state index contributed by atoms with van der Waals surface area (Å²) in [6, 6.07) is 50.5. The first-order valence-electron chi connectivity index (χ1n) is 12.3. The number of hydrogen-bond acceptors (Lipinski definition) is 1. The maximum Gasteiger partial charge on any atom is 0.122 e. The van der Waals surface area contributed by atoms with Crippen molar-refractivity contribution in [2.45, 2.75) is 0 Å². The highest BCUT2D eigenvalue weighted by molar-refractivity contribution is 6.70. The van der Waals surface area contributed by atoms with Crippen LogP contribution in [-0.2, 0) is 0 Å². The van der Waals surface area contributed by atoms with Gasteiger partial charge in [-0.2, -0.15) is 0 Å². The standard InChI is InChI=1S/C34H23NSi/c1-3-10-27(11-4-1)35(28-12-5-2-6-13-28)29-18-20-30(21-19-29)36-32-23-17-26-15-14-24-8-7-9-25-16-22-31(32)34(26)33(24)25/h1-23H. The Morgan fingerprint density at radius 1 is 0.389 bits per heavy atom. The third-order valence-corrected chi connectivity index (χ3v) is 8.29. The fraction of sp³-hybridized carbons (Fsp3) is 0. The van der Waals surface area contributed by atoms with Crippen LogP contribution >= 0.6 is 0 Å². The van der Waals surface area contributed by atoms with Gasteiger partial charge in [0.25, 0.3) is 0 Å². The van der Waals surface area contributed by atoms with Crippen molar-refractivity contribution in [3.63, 3.8) is 0 Å². The molecule has 0 aromatic heterocycles. The van der Waals surface area contributed by atoms with Crippen LogP contribution in [0.1, 0.15) is 0 Å². The van der Waals surface area contributed by atoms with Crippen LogP contribution < -0.4 is 15.3 Å². The molecule has 7 aromatic rings. The second kappa shape index (κ2) is 8.67. The van der Waals surface area contributed by atoms with E-state index >= 15 is 0 Å². The fourth-order valence-electron chi connectivity index (χ4n) is 5.29. The summed E-state index contributed by atoms with van der Waals surface area (Å²) in [4.78, 5) is 2.31. The number of hydrogen-bond donors (Lipinski definition) is 0. The molecule has 7 rings (SSSR count). The van der Waals surface area contributed by atoms with E-state index in [0.29, 0.717) is 9.52 Å². The lowest BCUT2D eigenvalue weighted by molar-refractivity contribution is 1.29. The van der Waals surface area contributed by atoms with Crippen molar-refractivity contribution in [3.05, 3.63) is 140 Å². The molecule has 0 atom stereocenters. The largest absolute Gasteiger partial charge is 0.311 e. The van der Waals surface area contributed by atoms with Crippen molar-refractivity contribution in [2.24, 2.45) is 0 Å². The molecular weight excluding hydrogens is 450 g/mol. The van der Waals surface area contributed by atoms with E-state index in [-0.39, 0.29) is 0 Å². The normalized spacial score (nSPS) is 11.4. The van der Waals surface area contributed by atoms with E-state index in [1.165, 1.54) is 42.7 Å². The summed E-state index contributed by atoms with van der Waals surface area (Å²) >= 11 is 0. The van der Waals surface area contributed by atoms with Crippen molar-refractivity contribution >= 4 is 69.3 Å². The Morgan fingerprint density at radius 2 is 0.917 bits per heavy atom. The first-order valence-corrected chi connectivity index (χ1v) is 13.3. The van der Waals surface area contributed by atoms with Gasteiger partial charge in [-0.05, 0) is 68.7 Å². The molecule has 0 aliphatic rings. The van der Waals surface area contributed by atoms with Crippen LogP contribution in [0.25, 0.3) is 32.3 Å². The zero-order valence-electron chi connectivity index (χ0n) is 19.7. The molecule has 0 amide bonds. The molecule has 2 radical (unpaired) electrons. The van der Waals surface area contributed by atoms with E-state index < -0.39 is 0 Å². The van der Waals surface area contributed by atoms with E-state index in [2.05, 4.69) is 144 Å². The number of rotatable bonds is 5. The van der Waals surface area contributed by atoms with Gasteiger partial charge in [0.05, 0.1) is 0 Å².